The number of nitrogens with zero attached hydrogens (tertiary/aromatic N) is 5. The van der Waals surface area contributed by atoms with Gasteiger partial charge < -0.3 is 9.88 Å². The van der Waals surface area contributed by atoms with Gasteiger partial charge in [0, 0.05) is 25.5 Å². The van der Waals surface area contributed by atoms with E-state index in [-0.39, 0.29) is 11.9 Å². The fourth-order valence-electron chi connectivity index (χ4n) is 6.00. The molecule has 4 heterocycles. The van der Waals surface area contributed by atoms with E-state index in [0.717, 1.165) is 59.5 Å². The second kappa shape index (κ2) is 10.1. The van der Waals surface area contributed by atoms with Gasteiger partial charge in [-0.05, 0) is 66.3 Å². The molecule has 1 unspecified atom stereocenters. The first-order valence-electron chi connectivity index (χ1n) is 13.6. The van der Waals surface area contributed by atoms with Gasteiger partial charge in [0.05, 0.1) is 47.1 Å². The predicted octanol–water partition coefficient (Wildman–Crippen LogP) is 5.59. The summed E-state index contributed by atoms with van der Waals surface area (Å²) in [7, 11) is 0. The van der Waals surface area contributed by atoms with E-state index in [2.05, 4.69) is 57.3 Å². The highest BCUT2D eigenvalue weighted by molar-refractivity contribution is 5.97. The Labute approximate surface area is 227 Å². The minimum Gasteiger partial charge on any atom is -0.341 e. The molecule has 3 aromatic heterocycles. The first-order valence-corrected chi connectivity index (χ1v) is 13.6. The Morgan fingerprint density at radius 1 is 0.897 bits per heavy atom. The zero-order valence-electron chi connectivity index (χ0n) is 21.8. The molecule has 0 saturated heterocycles. The number of hydrogen-bond donors (Lipinski definition) is 1. The van der Waals surface area contributed by atoms with Crippen LogP contribution in [0.15, 0.2) is 85.2 Å². The summed E-state index contributed by atoms with van der Waals surface area (Å²) >= 11 is 0. The third-order valence-electron chi connectivity index (χ3n) is 7.93. The summed E-state index contributed by atoms with van der Waals surface area (Å²) in [5.74, 6) is 1.03. The Morgan fingerprint density at radius 3 is 2.59 bits per heavy atom. The number of hydrogen-bond acceptors (Lipinski definition) is 5. The van der Waals surface area contributed by atoms with Crippen molar-refractivity contribution < 1.29 is 4.79 Å². The highest BCUT2D eigenvalue weighted by atomic mass is 16.2. The van der Waals surface area contributed by atoms with Crippen molar-refractivity contribution in [3.8, 4) is 0 Å². The van der Waals surface area contributed by atoms with Gasteiger partial charge in [0.1, 0.15) is 5.82 Å². The monoisotopic (exact) mass is 514 g/mol. The third kappa shape index (κ3) is 4.70. The molecule has 39 heavy (non-hydrogen) atoms. The Morgan fingerprint density at radius 2 is 1.72 bits per heavy atom. The van der Waals surface area contributed by atoms with Crippen molar-refractivity contribution in [3.05, 3.63) is 125 Å². The number of pyridine rings is 2. The first kappa shape index (κ1) is 23.7. The largest absolute Gasteiger partial charge is 0.341 e. The third-order valence-corrected chi connectivity index (χ3v) is 7.93. The standard InChI is InChI=1S/C32H30N6O/c39-32-25-8-5-16-33-28(25)20-38(32)19-23-14-12-22(13-15-23)18-37(21-30-35-26-9-1-2-10-27(26)36-30)29-11-3-6-24-7-4-17-34-31(24)29/h1-2,4-5,7-10,12-17,29H,3,6,11,18-21H2,(H,35,36). The number of aryl methyl sites for hydroxylation is 1. The summed E-state index contributed by atoms with van der Waals surface area (Å²) in [6.07, 6.45) is 6.98. The lowest BCUT2D eigenvalue weighted by Crippen LogP contribution is -2.31. The second-order valence-electron chi connectivity index (χ2n) is 10.5. The van der Waals surface area contributed by atoms with E-state index < -0.39 is 0 Å². The van der Waals surface area contributed by atoms with E-state index in [4.69, 9.17) is 9.97 Å². The smallest absolute Gasteiger partial charge is 0.256 e. The Kier molecular flexibility index (Phi) is 6.13. The summed E-state index contributed by atoms with van der Waals surface area (Å²) in [4.78, 5) is 34.8. The molecule has 1 amide bonds. The van der Waals surface area contributed by atoms with Crippen molar-refractivity contribution >= 4 is 16.9 Å². The van der Waals surface area contributed by atoms with Crippen LogP contribution in [-0.2, 0) is 32.6 Å². The quantitative estimate of drug-likeness (QED) is 0.306. The van der Waals surface area contributed by atoms with Crippen molar-refractivity contribution in [1.29, 1.82) is 0 Å². The molecule has 7 nitrogen and oxygen atoms in total. The normalized spacial score (nSPS) is 16.6. The van der Waals surface area contributed by atoms with Gasteiger partial charge in [0.2, 0.25) is 0 Å². The summed E-state index contributed by atoms with van der Waals surface area (Å²) in [6.45, 7) is 2.65. The van der Waals surface area contributed by atoms with Crippen LogP contribution in [0.5, 0.6) is 0 Å². The second-order valence-corrected chi connectivity index (χ2v) is 10.5. The van der Waals surface area contributed by atoms with Crippen LogP contribution in [0.1, 0.15) is 63.1 Å². The summed E-state index contributed by atoms with van der Waals surface area (Å²) in [6, 6.07) is 25.0. The van der Waals surface area contributed by atoms with Crippen molar-refractivity contribution in [3.63, 3.8) is 0 Å². The number of para-hydroxylation sites is 2. The van der Waals surface area contributed by atoms with Crippen LogP contribution in [-0.4, -0.2) is 35.6 Å². The summed E-state index contributed by atoms with van der Waals surface area (Å²) in [5.41, 5.74) is 8.53. The lowest BCUT2D eigenvalue weighted by atomic mass is 9.90. The number of nitrogens with one attached hydrogen (secondary N) is 1. The molecular formula is C32H30N6O. The van der Waals surface area contributed by atoms with Crippen LogP contribution < -0.4 is 0 Å². The number of carbonyl (C=O) groups excluding carboxylic acids is 1. The molecule has 0 bridgehead atoms. The number of rotatable bonds is 7. The molecule has 0 radical (unpaired) electrons. The van der Waals surface area contributed by atoms with Crippen molar-refractivity contribution in [1.82, 2.24) is 29.7 Å². The summed E-state index contributed by atoms with van der Waals surface area (Å²) < 4.78 is 0. The Balaban J connectivity index is 1.12. The van der Waals surface area contributed by atoms with Gasteiger partial charge >= 0.3 is 0 Å². The topological polar surface area (TPSA) is 78.0 Å². The number of benzene rings is 2. The van der Waals surface area contributed by atoms with Crippen LogP contribution in [0.3, 0.4) is 0 Å². The lowest BCUT2D eigenvalue weighted by Gasteiger charge is -2.34. The average Bonchev–Trinajstić information content (AvgIpc) is 3.53. The SMILES string of the molecule is O=C1c2cccnc2CN1Cc1ccc(CN(Cc2nc3ccccc3[nH]2)C2CCCc3cccnc32)cc1. The molecule has 1 aliphatic heterocycles. The van der Waals surface area contributed by atoms with Crippen LogP contribution >= 0.6 is 0 Å². The highest BCUT2D eigenvalue weighted by Crippen LogP contribution is 2.35. The number of aromatic amines is 1. The summed E-state index contributed by atoms with van der Waals surface area (Å²) in [5, 5.41) is 0. The van der Waals surface area contributed by atoms with Gasteiger partial charge in [-0.1, -0.05) is 42.5 Å². The average molecular weight is 515 g/mol. The maximum atomic E-state index is 12.8. The molecular weight excluding hydrogens is 484 g/mol. The van der Waals surface area contributed by atoms with Crippen molar-refractivity contribution in [2.75, 3.05) is 0 Å². The number of imidazole rings is 1. The molecule has 0 spiro atoms. The zero-order chi connectivity index (χ0) is 26.2. The van der Waals surface area contributed by atoms with E-state index in [0.29, 0.717) is 19.6 Å². The van der Waals surface area contributed by atoms with Crippen LogP contribution in [0.4, 0.5) is 0 Å². The van der Waals surface area contributed by atoms with Gasteiger partial charge in [-0.3, -0.25) is 19.7 Å². The molecule has 194 valence electrons. The molecule has 2 aliphatic rings. The molecule has 5 aromatic rings. The van der Waals surface area contributed by atoms with Gasteiger partial charge in [0.25, 0.3) is 5.91 Å². The number of amides is 1. The van der Waals surface area contributed by atoms with Crippen LogP contribution in [0, 0.1) is 0 Å². The fraction of sp³-hybridized carbons (Fsp3) is 0.250. The van der Waals surface area contributed by atoms with E-state index in [1.807, 2.05) is 41.4 Å². The molecule has 1 atom stereocenters. The van der Waals surface area contributed by atoms with Crippen LogP contribution in [0.25, 0.3) is 11.0 Å². The van der Waals surface area contributed by atoms with Crippen molar-refractivity contribution in [2.45, 2.75) is 51.5 Å². The highest BCUT2D eigenvalue weighted by Gasteiger charge is 2.29. The Hall–Kier alpha value is -4.36. The molecule has 7 rings (SSSR count). The molecule has 2 aromatic carbocycles. The number of H-pyrrole nitrogens is 1. The fourth-order valence-corrected chi connectivity index (χ4v) is 6.00. The molecule has 7 heteroatoms. The maximum absolute atomic E-state index is 12.8. The van der Waals surface area contributed by atoms with E-state index in [9.17, 15) is 4.79 Å². The number of aromatic nitrogens is 4. The lowest BCUT2D eigenvalue weighted by molar-refractivity contribution is 0.0766. The Bertz CT molecular complexity index is 1610. The van der Waals surface area contributed by atoms with Gasteiger partial charge in [-0.2, -0.15) is 0 Å². The minimum atomic E-state index is 0.0580. The van der Waals surface area contributed by atoms with E-state index >= 15 is 0 Å². The van der Waals surface area contributed by atoms with Crippen molar-refractivity contribution in [2.24, 2.45) is 0 Å². The molecule has 1 N–H and O–H groups in total. The first-order chi connectivity index (χ1) is 19.2. The molecule has 0 fully saturated rings. The maximum Gasteiger partial charge on any atom is 0.256 e. The molecule has 0 saturated carbocycles. The van der Waals surface area contributed by atoms with E-state index in [1.54, 1.807) is 6.20 Å². The van der Waals surface area contributed by atoms with Gasteiger partial charge in [-0.15, -0.1) is 0 Å². The number of fused-ring (bicyclic) bond motifs is 3. The number of carbonyl (C=O) groups is 1. The minimum absolute atomic E-state index is 0.0580. The van der Waals surface area contributed by atoms with Gasteiger partial charge in [-0.25, -0.2) is 4.98 Å². The van der Waals surface area contributed by atoms with Crippen LogP contribution in [0.2, 0.25) is 0 Å². The molecule has 1 aliphatic carbocycles. The zero-order valence-corrected chi connectivity index (χ0v) is 21.8. The van der Waals surface area contributed by atoms with E-state index in [1.165, 1.54) is 16.8 Å². The van der Waals surface area contributed by atoms with Gasteiger partial charge in [0.15, 0.2) is 0 Å². The predicted molar refractivity (Wildman–Crippen MR) is 150 cm³/mol.